The summed E-state index contributed by atoms with van der Waals surface area (Å²) in [7, 11) is 2.10. The van der Waals surface area contributed by atoms with Gasteiger partial charge in [-0.1, -0.05) is 31.6 Å². The van der Waals surface area contributed by atoms with E-state index in [4.69, 9.17) is 9.15 Å². The lowest BCUT2D eigenvalue weighted by Crippen LogP contribution is -2.52. The SMILES string of the molecule is C=C1c2cccc(NCCCOCCCN(C)CC3CCC(n4cc(NC(=O)c5coc(-c6ccnc(C[C@@H]7CCCC[C@@H]7O)c6)n5)c(C(F)F)n4)CC3)c2C(=O)N1C1CCC(=O)NC1=O. The average molecular weight is 912 g/mol. The molecule has 18 heteroatoms. The highest BCUT2D eigenvalue weighted by atomic mass is 19.3. The summed E-state index contributed by atoms with van der Waals surface area (Å²) in [5, 5.41) is 22.9. The van der Waals surface area contributed by atoms with Gasteiger partial charge in [-0.15, -0.1) is 0 Å². The van der Waals surface area contributed by atoms with Crippen molar-refractivity contribution < 1.29 is 42.2 Å². The summed E-state index contributed by atoms with van der Waals surface area (Å²) in [4.78, 5) is 63.4. The zero-order valence-corrected chi connectivity index (χ0v) is 37.4. The highest BCUT2D eigenvalue weighted by Gasteiger charge is 2.42. The number of imide groups is 1. The van der Waals surface area contributed by atoms with Crippen molar-refractivity contribution in [3.05, 3.63) is 83.8 Å². The summed E-state index contributed by atoms with van der Waals surface area (Å²) < 4.78 is 41.5. The van der Waals surface area contributed by atoms with Crippen LogP contribution >= 0.6 is 0 Å². The molecule has 0 radical (unpaired) electrons. The first kappa shape index (κ1) is 46.7. The Kier molecular flexibility index (Phi) is 15.0. The minimum absolute atomic E-state index is 0.0510. The van der Waals surface area contributed by atoms with Crippen molar-refractivity contribution in [2.75, 3.05) is 50.5 Å². The van der Waals surface area contributed by atoms with Gasteiger partial charge in [0, 0.05) is 79.9 Å². The number of pyridine rings is 1. The number of fused-ring (bicyclic) bond motifs is 1. The molecule has 0 spiro atoms. The van der Waals surface area contributed by atoms with E-state index in [0.717, 1.165) is 83.0 Å². The van der Waals surface area contributed by atoms with Crippen molar-refractivity contribution in [1.29, 1.82) is 0 Å². The molecule has 4 aromatic rings. The first-order valence-corrected chi connectivity index (χ1v) is 23.2. The molecule has 3 aromatic heterocycles. The molecule has 3 fully saturated rings. The number of nitrogens with one attached hydrogen (secondary N) is 3. The molecule has 2 aliphatic carbocycles. The molecule has 0 bridgehead atoms. The molecule has 2 aliphatic heterocycles. The first-order valence-electron chi connectivity index (χ1n) is 23.2. The van der Waals surface area contributed by atoms with Crippen molar-refractivity contribution in [3.63, 3.8) is 0 Å². The number of nitrogens with zero attached hydrogens (tertiary/aromatic N) is 6. The lowest BCUT2D eigenvalue weighted by molar-refractivity contribution is -0.136. The zero-order valence-electron chi connectivity index (χ0n) is 37.4. The van der Waals surface area contributed by atoms with Crippen LogP contribution in [0.5, 0.6) is 0 Å². The molecular weight excluding hydrogens is 853 g/mol. The molecule has 4 amide bonds. The second-order valence-corrected chi connectivity index (χ2v) is 18.1. The Hall–Kier alpha value is -5.85. The molecule has 1 aromatic carbocycles. The van der Waals surface area contributed by atoms with E-state index in [1.165, 1.54) is 17.4 Å². The molecule has 1 saturated heterocycles. The number of carbonyl (C=O) groups is 4. The van der Waals surface area contributed by atoms with E-state index in [-0.39, 0.29) is 60.0 Å². The van der Waals surface area contributed by atoms with Crippen molar-refractivity contribution in [1.82, 2.24) is 34.9 Å². The molecule has 4 N–H and O–H groups in total. The second-order valence-electron chi connectivity index (χ2n) is 18.1. The van der Waals surface area contributed by atoms with Crippen molar-refractivity contribution in [2.45, 2.75) is 108 Å². The number of carbonyl (C=O) groups excluding carboxylic acids is 4. The maximum absolute atomic E-state index is 14.2. The van der Waals surface area contributed by atoms with E-state index < -0.39 is 30.0 Å². The van der Waals surface area contributed by atoms with Gasteiger partial charge in [-0.3, -0.25) is 39.1 Å². The fraction of sp³-hybridized carbons (Fsp3) is 0.521. The molecule has 5 heterocycles. The Labute approximate surface area is 382 Å². The molecule has 2 saturated carbocycles. The number of aliphatic hydroxyl groups is 1. The number of halogens is 2. The number of ether oxygens (including phenoxy) is 1. The predicted molar refractivity (Wildman–Crippen MR) is 241 cm³/mol. The zero-order chi connectivity index (χ0) is 46.3. The summed E-state index contributed by atoms with van der Waals surface area (Å²) in [6.45, 7) is 7.60. The number of alkyl halides is 2. The van der Waals surface area contributed by atoms with E-state index in [9.17, 15) is 33.1 Å². The fourth-order valence-electron chi connectivity index (χ4n) is 9.83. The third-order valence-corrected chi connectivity index (χ3v) is 13.3. The highest BCUT2D eigenvalue weighted by molar-refractivity contribution is 6.15. The molecule has 1 unspecified atom stereocenters. The molecule has 66 heavy (non-hydrogen) atoms. The van der Waals surface area contributed by atoms with E-state index >= 15 is 0 Å². The number of anilines is 2. The molecule has 3 atom stereocenters. The summed E-state index contributed by atoms with van der Waals surface area (Å²) in [5.74, 6) is -1.01. The van der Waals surface area contributed by atoms with Gasteiger partial charge in [-0.25, -0.2) is 13.8 Å². The second kappa shape index (κ2) is 21.2. The number of benzene rings is 1. The highest BCUT2D eigenvalue weighted by Crippen LogP contribution is 2.39. The van der Waals surface area contributed by atoms with Crippen molar-refractivity contribution in [3.8, 4) is 11.5 Å². The summed E-state index contributed by atoms with van der Waals surface area (Å²) in [6.07, 6.45) is 11.0. The third kappa shape index (κ3) is 10.9. The van der Waals surface area contributed by atoms with Crippen LogP contribution in [0.2, 0.25) is 0 Å². The molecule has 8 rings (SSSR count). The van der Waals surface area contributed by atoms with E-state index in [0.29, 0.717) is 60.2 Å². The molecule has 4 aliphatic rings. The smallest absolute Gasteiger partial charge is 0.284 e. The predicted octanol–water partition coefficient (Wildman–Crippen LogP) is 7.02. The number of oxazole rings is 1. The van der Waals surface area contributed by atoms with Crippen LogP contribution in [-0.2, 0) is 20.7 Å². The summed E-state index contributed by atoms with van der Waals surface area (Å²) in [5.41, 5.74) is 3.10. The van der Waals surface area contributed by atoms with Crippen LogP contribution in [0.1, 0.15) is 127 Å². The van der Waals surface area contributed by atoms with Crippen molar-refractivity contribution in [2.24, 2.45) is 11.8 Å². The lowest BCUT2D eigenvalue weighted by Gasteiger charge is -2.31. The third-order valence-electron chi connectivity index (χ3n) is 13.3. The van der Waals surface area contributed by atoms with Gasteiger partial charge in [-0.05, 0) is 101 Å². The van der Waals surface area contributed by atoms with Gasteiger partial charge in [0.05, 0.1) is 23.4 Å². The molecule has 16 nitrogen and oxygen atoms in total. The number of piperidine rings is 1. The maximum atomic E-state index is 14.2. The molecular formula is C48H59F2N9O7. The topological polar surface area (TPSA) is 197 Å². The number of aromatic nitrogens is 4. The van der Waals surface area contributed by atoms with Gasteiger partial charge in [0.25, 0.3) is 18.2 Å². The van der Waals surface area contributed by atoms with E-state index in [1.54, 1.807) is 16.9 Å². The van der Waals surface area contributed by atoms with Gasteiger partial charge < -0.3 is 29.8 Å². The number of rotatable bonds is 19. The Bertz CT molecular complexity index is 2400. The van der Waals surface area contributed by atoms with Crippen LogP contribution in [0.4, 0.5) is 20.2 Å². The van der Waals surface area contributed by atoms with Crippen LogP contribution in [0.25, 0.3) is 17.2 Å². The van der Waals surface area contributed by atoms with Crippen LogP contribution in [0.15, 0.2) is 60.0 Å². The standard InChI is InChI=1S/C48H59F2N9O7/c1-29-35-9-5-10-36(42(35)48(64)59(29)39-16-17-41(61)55-46(39)63)52-19-6-22-65-23-7-21-57(2)26-30-12-14-34(15-13-30)58-27-37(43(56-58)44(49)50)53-45(62)38-28-66-47(54-38)32-18-20-51-33(25-32)24-31-8-3-4-11-40(31)60/h5,9-10,18,20,25,27-28,30-31,34,39-40,44,52,60H,1,3-4,6-8,11-17,19,21-24,26H2,2H3,(H,53,62)(H,55,61,63)/t30?,31-,34?,39?,40-/m0/s1. The minimum atomic E-state index is -2.89. The Morgan fingerprint density at radius 3 is 2.65 bits per heavy atom. The van der Waals surface area contributed by atoms with E-state index in [2.05, 4.69) is 49.5 Å². The van der Waals surface area contributed by atoms with Crippen LogP contribution in [-0.4, -0.2) is 110 Å². The Morgan fingerprint density at radius 2 is 1.86 bits per heavy atom. The number of hydrogen-bond acceptors (Lipinski definition) is 12. The number of aliphatic hydroxyl groups excluding tert-OH is 1. The minimum Gasteiger partial charge on any atom is -0.444 e. The van der Waals surface area contributed by atoms with Crippen LogP contribution in [0.3, 0.4) is 0 Å². The largest absolute Gasteiger partial charge is 0.444 e. The summed E-state index contributed by atoms with van der Waals surface area (Å²) in [6, 6.07) is 8.22. The fourth-order valence-corrected chi connectivity index (χ4v) is 9.83. The first-order chi connectivity index (χ1) is 31.9. The Morgan fingerprint density at radius 1 is 1.06 bits per heavy atom. The average Bonchev–Trinajstić information content (AvgIpc) is 4.03. The van der Waals surface area contributed by atoms with Gasteiger partial charge in [0.1, 0.15) is 12.3 Å². The van der Waals surface area contributed by atoms with Crippen LogP contribution in [0, 0.1) is 11.8 Å². The van der Waals surface area contributed by atoms with Gasteiger partial charge >= 0.3 is 0 Å². The maximum Gasteiger partial charge on any atom is 0.284 e. The Balaban J connectivity index is 0.732. The van der Waals surface area contributed by atoms with Gasteiger partial charge in [0.15, 0.2) is 11.4 Å². The summed E-state index contributed by atoms with van der Waals surface area (Å²) >= 11 is 0. The monoisotopic (exact) mass is 911 g/mol. The number of amides is 4. The normalized spacial score (nSPS) is 22.3. The van der Waals surface area contributed by atoms with E-state index in [1.807, 2.05) is 24.3 Å². The molecule has 352 valence electrons. The van der Waals surface area contributed by atoms with Crippen LogP contribution < -0.4 is 16.0 Å². The van der Waals surface area contributed by atoms with Gasteiger partial charge in [-0.2, -0.15) is 5.10 Å². The van der Waals surface area contributed by atoms with Crippen molar-refractivity contribution >= 4 is 40.7 Å². The van der Waals surface area contributed by atoms with Gasteiger partial charge in [0.2, 0.25) is 17.7 Å². The lowest BCUT2D eigenvalue weighted by atomic mass is 9.83. The quantitative estimate of drug-likeness (QED) is 0.0555. The number of hydrogen-bond donors (Lipinski definition) is 4.